The van der Waals surface area contributed by atoms with Gasteiger partial charge in [0.2, 0.25) is 0 Å². The second-order valence-corrected chi connectivity index (χ2v) is 8.88. The van der Waals surface area contributed by atoms with E-state index in [9.17, 15) is 4.21 Å². The van der Waals surface area contributed by atoms with E-state index in [2.05, 4.69) is 21.1 Å². The van der Waals surface area contributed by atoms with Crippen molar-refractivity contribution in [2.24, 2.45) is 0 Å². The van der Waals surface area contributed by atoms with Gasteiger partial charge in [0.1, 0.15) is 18.8 Å². The highest BCUT2D eigenvalue weighted by Gasteiger charge is 2.27. The zero-order valence-corrected chi connectivity index (χ0v) is 18.4. The van der Waals surface area contributed by atoms with Crippen molar-refractivity contribution < 1.29 is 42.1 Å². The third-order valence-electron chi connectivity index (χ3n) is 4.14. The molecule has 0 saturated carbocycles. The maximum absolute atomic E-state index is 12.6. The molecule has 0 aromatic heterocycles. The first-order valence-corrected chi connectivity index (χ1v) is 9.68. The summed E-state index contributed by atoms with van der Waals surface area (Å²) in [5, 5.41) is 0. The maximum atomic E-state index is 12.6. The Kier molecular flexibility index (Phi) is 7.78. The standard InChI is InChI=1S/C20H26NO3S.HI/c1-21(2,3)13-17-14-24-20(15-23-17)16-9-11-19(12-10-16)25(22)18-7-5-4-6-8-18;/h4-12,17,20H,13-15H2,1-3H3;1H/q+1;/p-1/t17-,20-,25?;/m1./s1. The van der Waals surface area contributed by atoms with E-state index in [1.54, 1.807) is 0 Å². The Hall–Kier alpha value is -0.800. The third kappa shape index (κ3) is 5.85. The molecular formula is C20H26INO3S. The first-order valence-electron chi connectivity index (χ1n) is 8.53. The molecule has 1 aliphatic rings. The molecule has 1 unspecified atom stereocenters. The van der Waals surface area contributed by atoms with Crippen molar-refractivity contribution in [1.82, 2.24) is 0 Å². The van der Waals surface area contributed by atoms with Crippen molar-refractivity contribution in [3.05, 3.63) is 60.2 Å². The fourth-order valence-corrected chi connectivity index (χ4v) is 4.00. The Bertz CT molecular complexity index is 708. The van der Waals surface area contributed by atoms with E-state index in [0.29, 0.717) is 13.2 Å². The molecule has 3 atom stereocenters. The van der Waals surface area contributed by atoms with Crippen LogP contribution in [-0.4, -0.2) is 55.7 Å². The molecule has 1 fully saturated rings. The summed E-state index contributed by atoms with van der Waals surface area (Å²) in [5.41, 5.74) is 1.07. The van der Waals surface area contributed by atoms with Crippen molar-refractivity contribution in [2.75, 3.05) is 40.9 Å². The monoisotopic (exact) mass is 487 g/mol. The highest BCUT2D eigenvalue weighted by atomic mass is 127. The van der Waals surface area contributed by atoms with E-state index in [4.69, 9.17) is 9.47 Å². The van der Waals surface area contributed by atoms with Crippen LogP contribution in [-0.2, 0) is 20.3 Å². The lowest BCUT2D eigenvalue weighted by molar-refractivity contribution is -0.874. The van der Waals surface area contributed by atoms with E-state index >= 15 is 0 Å². The Balaban J connectivity index is 0.00000243. The van der Waals surface area contributed by atoms with Gasteiger partial charge in [0.15, 0.2) is 0 Å². The first kappa shape index (κ1) is 21.5. The molecule has 0 N–H and O–H groups in total. The van der Waals surface area contributed by atoms with Crippen molar-refractivity contribution in [1.29, 1.82) is 0 Å². The van der Waals surface area contributed by atoms with Crippen LogP contribution in [0.3, 0.4) is 0 Å². The number of hydrogen-bond acceptors (Lipinski definition) is 3. The third-order valence-corrected chi connectivity index (χ3v) is 5.54. The summed E-state index contributed by atoms with van der Waals surface area (Å²) in [6.45, 7) is 2.10. The van der Waals surface area contributed by atoms with Crippen molar-refractivity contribution in [3.8, 4) is 0 Å². The summed E-state index contributed by atoms with van der Waals surface area (Å²) in [5.74, 6) is 0. The molecule has 26 heavy (non-hydrogen) atoms. The van der Waals surface area contributed by atoms with Gasteiger partial charge in [0.05, 0.1) is 45.2 Å². The number of quaternary nitrogens is 1. The lowest BCUT2D eigenvalue weighted by atomic mass is 10.1. The van der Waals surface area contributed by atoms with E-state index in [-0.39, 0.29) is 36.2 Å². The molecule has 0 radical (unpaired) electrons. The second-order valence-electron chi connectivity index (χ2n) is 7.40. The molecule has 1 heterocycles. The highest BCUT2D eigenvalue weighted by Crippen LogP contribution is 2.25. The number of hydrogen-bond donors (Lipinski definition) is 0. The fraction of sp³-hybridized carbons (Fsp3) is 0.400. The summed E-state index contributed by atoms with van der Waals surface area (Å²) in [7, 11) is 5.31. The van der Waals surface area contributed by atoms with Crippen LogP contribution in [0.5, 0.6) is 0 Å². The van der Waals surface area contributed by atoms with E-state index in [0.717, 1.165) is 26.4 Å². The Morgan fingerprint density at radius 1 is 0.923 bits per heavy atom. The Labute approximate surface area is 175 Å². The van der Waals surface area contributed by atoms with Gasteiger partial charge >= 0.3 is 0 Å². The maximum Gasteiger partial charge on any atom is 0.130 e. The fourth-order valence-electron chi connectivity index (χ4n) is 2.94. The smallest absolute Gasteiger partial charge is 0.130 e. The molecule has 3 rings (SSSR count). The van der Waals surface area contributed by atoms with E-state index in [1.807, 2.05) is 54.6 Å². The van der Waals surface area contributed by atoms with Crippen LogP contribution in [0.25, 0.3) is 0 Å². The number of likely N-dealkylation sites (N-methyl/N-ethyl adjacent to an activating group) is 1. The lowest BCUT2D eigenvalue weighted by Crippen LogP contribution is -3.00. The van der Waals surface area contributed by atoms with Crippen LogP contribution >= 0.6 is 0 Å². The number of benzene rings is 2. The quantitative estimate of drug-likeness (QED) is 0.441. The Morgan fingerprint density at radius 2 is 1.54 bits per heavy atom. The average Bonchev–Trinajstić information content (AvgIpc) is 2.61. The molecule has 2 aromatic rings. The summed E-state index contributed by atoms with van der Waals surface area (Å²) in [6, 6.07) is 17.3. The molecule has 6 heteroatoms. The van der Waals surface area contributed by atoms with Gasteiger partial charge in [0.25, 0.3) is 0 Å². The van der Waals surface area contributed by atoms with Gasteiger partial charge in [0, 0.05) is 9.79 Å². The summed E-state index contributed by atoms with van der Waals surface area (Å²) in [4.78, 5) is 1.62. The Morgan fingerprint density at radius 3 is 2.08 bits per heavy atom. The number of nitrogens with zero attached hydrogens (tertiary/aromatic N) is 1. The zero-order valence-electron chi connectivity index (χ0n) is 15.4. The van der Waals surface area contributed by atoms with Gasteiger partial charge in [-0.05, 0) is 29.8 Å². The molecule has 0 amide bonds. The zero-order chi connectivity index (χ0) is 17.9. The summed E-state index contributed by atoms with van der Waals surface area (Å²) < 4.78 is 25.4. The van der Waals surface area contributed by atoms with Crippen LogP contribution < -0.4 is 24.0 Å². The number of halogens is 1. The van der Waals surface area contributed by atoms with Crippen LogP contribution in [0.1, 0.15) is 11.7 Å². The lowest BCUT2D eigenvalue weighted by Gasteiger charge is -2.34. The van der Waals surface area contributed by atoms with Gasteiger partial charge in [-0.15, -0.1) is 0 Å². The van der Waals surface area contributed by atoms with Gasteiger partial charge in [-0.2, -0.15) is 0 Å². The van der Waals surface area contributed by atoms with Gasteiger partial charge in [-0.3, -0.25) is 0 Å². The average molecular weight is 487 g/mol. The number of rotatable bonds is 5. The highest BCUT2D eigenvalue weighted by molar-refractivity contribution is 7.85. The van der Waals surface area contributed by atoms with Crippen LogP contribution in [0.2, 0.25) is 0 Å². The first-order chi connectivity index (χ1) is 11.9. The normalized spacial score (nSPS) is 21.7. The van der Waals surface area contributed by atoms with E-state index in [1.165, 1.54) is 0 Å². The molecule has 0 bridgehead atoms. The van der Waals surface area contributed by atoms with Crippen LogP contribution in [0, 0.1) is 0 Å². The SMILES string of the molecule is C[N+](C)(C)C[C@@H]1CO[C@@H](c2ccc(S(=O)c3ccccc3)cc2)CO1.[I-]. The van der Waals surface area contributed by atoms with Crippen LogP contribution in [0.15, 0.2) is 64.4 Å². The minimum Gasteiger partial charge on any atom is -1.00 e. The predicted octanol–water partition coefficient (Wildman–Crippen LogP) is 0.0200. The van der Waals surface area contributed by atoms with Gasteiger partial charge in [-0.1, -0.05) is 30.3 Å². The molecule has 1 aliphatic heterocycles. The van der Waals surface area contributed by atoms with E-state index < -0.39 is 10.8 Å². The van der Waals surface area contributed by atoms with Gasteiger partial charge < -0.3 is 37.9 Å². The predicted molar refractivity (Wildman–Crippen MR) is 98.9 cm³/mol. The molecule has 2 aromatic carbocycles. The topological polar surface area (TPSA) is 35.5 Å². The molecule has 142 valence electrons. The van der Waals surface area contributed by atoms with Gasteiger partial charge in [-0.25, -0.2) is 4.21 Å². The molecule has 0 spiro atoms. The van der Waals surface area contributed by atoms with Crippen molar-refractivity contribution in [3.63, 3.8) is 0 Å². The second kappa shape index (κ2) is 9.41. The minimum atomic E-state index is -1.15. The van der Waals surface area contributed by atoms with Crippen molar-refractivity contribution in [2.45, 2.75) is 22.0 Å². The van der Waals surface area contributed by atoms with Crippen LogP contribution in [0.4, 0.5) is 0 Å². The molecule has 0 aliphatic carbocycles. The minimum absolute atomic E-state index is 0. The molecular weight excluding hydrogens is 461 g/mol. The summed E-state index contributed by atoms with van der Waals surface area (Å²) >= 11 is 0. The number of ether oxygens (including phenoxy) is 2. The molecule has 4 nitrogen and oxygen atoms in total. The summed E-state index contributed by atoms with van der Waals surface area (Å²) in [6.07, 6.45) is 0.0871. The molecule has 1 saturated heterocycles. The largest absolute Gasteiger partial charge is 1.00 e. The van der Waals surface area contributed by atoms with Crippen molar-refractivity contribution >= 4 is 10.8 Å².